The van der Waals surface area contributed by atoms with Gasteiger partial charge in [0.2, 0.25) is 0 Å². The average Bonchev–Trinajstić information content (AvgIpc) is 2.50. The van der Waals surface area contributed by atoms with Crippen molar-refractivity contribution in [2.45, 2.75) is 44.3 Å². The van der Waals surface area contributed by atoms with Gasteiger partial charge in [0.1, 0.15) is 11.6 Å². The maximum Gasteiger partial charge on any atom is 0.131 e. The van der Waals surface area contributed by atoms with Gasteiger partial charge in [-0.3, -0.25) is 9.80 Å². The smallest absolute Gasteiger partial charge is 0.131 e. The standard InChI is InChI=1S/C18H27FN2O2/c1-23-17-6-5-14(18(19)11-17)12-20-8-9-21(15-3-2-4-15)13-16(20)7-10-22/h5-6,11,15-16,22H,2-4,7-10,12-13H2,1H3/t16-/m1/s1. The first-order valence-electron chi connectivity index (χ1n) is 8.62. The number of benzene rings is 1. The molecule has 1 aliphatic carbocycles. The van der Waals surface area contributed by atoms with E-state index in [1.807, 2.05) is 12.1 Å². The first-order valence-corrected chi connectivity index (χ1v) is 8.62. The van der Waals surface area contributed by atoms with Crippen molar-refractivity contribution in [1.29, 1.82) is 0 Å². The predicted octanol–water partition coefficient (Wildman–Crippen LogP) is 2.26. The van der Waals surface area contributed by atoms with Crippen LogP contribution in [0, 0.1) is 5.82 Å². The van der Waals surface area contributed by atoms with Crippen LogP contribution in [0.3, 0.4) is 0 Å². The van der Waals surface area contributed by atoms with Gasteiger partial charge in [-0.1, -0.05) is 12.5 Å². The molecule has 0 spiro atoms. The summed E-state index contributed by atoms with van der Waals surface area (Å²) < 4.78 is 19.3. The minimum atomic E-state index is -0.214. The highest BCUT2D eigenvalue weighted by atomic mass is 19.1. The van der Waals surface area contributed by atoms with Crippen LogP contribution < -0.4 is 4.74 Å². The second kappa shape index (κ2) is 7.60. The Kier molecular flexibility index (Phi) is 5.51. The minimum Gasteiger partial charge on any atom is -0.497 e. The van der Waals surface area contributed by atoms with Crippen molar-refractivity contribution in [3.05, 3.63) is 29.6 Å². The number of aliphatic hydroxyl groups is 1. The van der Waals surface area contributed by atoms with Crippen molar-refractivity contribution in [2.75, 3.05) is 33.4 Å². The van der Waals surface area contributed by atoms with Gasteiger partial charge in [-0.2, -0.15) is 0 Å². The topological polar surface area (TPSA) is 35.9 Å². The Hall–Kier alpha value is -1.17. The molecule has 1 aliphatic heterocycles. The quantitative estimate of drug-likeness (QED) is 0.871. The number of ether oxygens (including phenoxy) is 1. The van der Waals surface area contributed by atoms with E-state index in [4.69, 9.17) is 4.74 Å². The van der Waals surface area contributed by atoms with Crippen molar-refractivity contribution in [3.63, 3.8) is 0 Å². The number of piperazine rings is 1. The first kappa shape index (κ1) is 16.7. The summed E-state index contributed by atoms with van der Waals surface area (Å²) in [5, 5.41) is 9.39. The van der Waals surface area contributed by atoms with E-state index < -0.39 is 0 Å². The lowest BCUT2D eigenvalue weighted by molar-refractivity contribution is 0.0107. The molecule has 4 nitrogen and oxygen atoms in total. The van der Waals surface area contributed by atoms with Gasteiger partial charge in [-0.05, 0) is 25.3 Å². The molecule has 1 aromatic carbocycles. The van der Waals surface area contributed by atoms with Crippen LogP contribution in [0.4, 0.5) is 4.39 Å². The maximum atomic E-state index is 14.2. The number of aliphatic hydroxyl groups excluding tert-OH is 1. The van der Waals surface area contributed by atoms with Crippen LogP contribution in [0.2, 0.25) is 0 Å². The maximum absolute atomic E-state index is 14.2. The molecule has 1 atom stereocenters. The largest absolute Gasteiger partial charge is 0.497 e. The molecule has 1 saturated carbocycles. The van der Waals surface area contributed by atoms with E-state index in [-0.39, 0.29) is 12.4 Å². The molecule has 0 aromatic heterocycles. The van der Waals surface area contributed by atoms with Crippen molar-refractivity contribution in [3.8, 4) is 5.75 Å². The lowest BCUT2D eigenvalue weighted by Gasteiger charge is -2.47. The highest BCUT2D eigenvalue weighted by Gasteiger charge is 2.33. The van der Waals surface area contributed by atoms with Crippen molar-refractivity contribution in [1.82, 2.24) is 9.80 Å². The van der Waals surface area contributed by atoms with Gasteiger partial charge in [-0.25, -0.2) is 4.39 Å². The summed E-state index contributed by atoms with van der Waals surface area (Å²) in [5.74, 6) is 0.335. The van der Waals surface area contributed by atoms with Crippen molar-refractivity contribution >= 4 is 0 Å². The number of halogens is 1. The monoisotopic (exact) mass is 322 g/mol. The Morgan fingerprint density at radius 2 is 2.13 bits per heavy atom. The molecule has 0 radical (unpaired) electrons. The van der Waals surface area contributed by atoms with Gasteiger partial charge in [-0.15, -0.1) is 0 Å². The Balaban J connectivity index is 1.65. The number of hydrogen-bond donors (Lipinski definition) is 1. The molecule has 1 N–H and O–H groups in total. The zero-order valence-electron chi connectivity index (χ0n) is 13.9. The third-order valence-corrected chi connectivity index (χ3v) is 5.32. The van der Waals surface area contributed by atoms with Crippen molar-refractivity contribution < 1.29 is 14.2 Å². The van der Waals surface area contributed by atoms with Gasteiger partial charge in [0, 0.05) is 56.5 Å². The summed E-state index contributed by atoms with van der Waals surface area (Å²) >= 11 is 0. The molecule has 3 rings (SSSR count). The van der Waals surface area contributed by atoms with E-state index in [9.17, 15) is 9.50 Å². The minimum absolute atomic E-state index is 0.185. The van der Waals surface area contributed by atoms with E-state index in [1.165, 1.54) is 25.3 Å². The average molecular weight is 322 g/mol. The second-order valence-electron chi connectivity index (χ2n) is 6.67. The molecule has 128 valence electrons. The Bertz CT molecular complexity index is 522. The Morgan fingerprint density at radius 1 is 1.30 bits per heavy atom. The molecule has 0 amide bonds. The molecule has 23 heavy (non-hydrogen) atoms. The molecule has 1 heterocycles. The fourth-order valence-corrected chi connectivity index (χ4v) is 3.63. The van der Waals surface area contributed by atoms with Crippen LogP contribution >= 0.6 is 0 Å². The number of hydrogen-bond acceptors (Lipinski definition) is 4. The number of rotatable bonds is 6. The second-order valence-corrected chi connectivity index (χ2v) is 6.67. The molecular weight excluding hydrogens is 295 g/mol. The SMILES string of the molecule is COc1ccc(CN2CCN(C3CCC3)C[C@H]2CCO)c(F)c1. The summed E-state index contributed by atoms with van der Waals surface area (Å²) in [6, 6.07) is 6.10. The van der Waals surface area contributed by atoms with Crippen LogP contribution in [-0.2, 0) is 6.54 Å². The van der Waals surface area contributed by atoms with E-state index >= 15 is 0 Å². The molecule has 5 heteroatoms. The van der Waals surface area contributed by atoms with Crippen molar-refractivity contribution in [2.24, 2.45) is 0 Å². The van der Waals surface area contributed by atoms with Gasteiger partial charge in [0.05, 0.1) is 7.11 Å². The van der Waals surface area contributed by atoms with Crippen LogP contribution in [0.1, 0.15) is 31.2 Å². The fourth-order valence-electron chi connectivity index (χ4n) is 3.63. The molecule has 1 saturated heterocycles. The lowest BCUT2D eigenvalue weighted by Crippen LogP contribution is -2.57. The highest BCUT2D eigenvalue weighted by Crippen LogP contribution is 2.28. The fraction of sp³-hybridized carbons (Fsp3) is 0.667. The molecule has 1 aromatic rings. The van der Waals surface area contributed by atoms with Gasteiger partial charge < -0.3 is 9.84 Å². The predicted molar refractivity (Wildman–Crippen MR) is 88.1 cm³/mol. The molecule has 0 unspecified atom stereocenters. The number of methoxy groups -OCH3 is 1. The zero-order chi connectivity index (χ0) is 16.2. The normalized spacial score (nSPS) is 23.7. The van der Waals surface area contributed by atoms with E-state index in [2.05, 4.69) is 9.80 Å². The summed E-state index contributed by atoms with van der Waals surface area (Å²) in [6.07, 6.45) is 4.70. The summed E-state index contributed by atoms with van der Waals surface area (Å²) in [6.45, 7) is 3.75. The molecule has 2 fully saturated rings. The van der Waals surface area contributed by atoms with Gasteiger partial charge in [0.15, 0.2) is 0 Å². The summed E-state index contributed by atoms with van der Waals surface area (Å²) in [4.78, 5) is 4.88. The van der Waals surface area contributed by atoms with Crippen LogP contribution in [0.25, 0.3) is 0 Å². The molecule has 0 bridgehead atoms. The molecular formula is C18H27FN2O2. The molecule has 2 aliphatic rings. The highest BCUT2D eigenvalue weighted by molar-refractivity contribution is 5.29. The Morgan fingerprint density at radius 3 is 2.74 bits per heavy atom. The van der Waals surface area contributed by atoms with Crippen LogP contribution in [0.5, 0.6) is 5.75 Å². The summed E-state index contributed by atoms with van der Waals surface area (Å²) in [7, 11) is 1.55. The number of nitrogens with zero attached hydrogens (tertiary/aromatic N) is 2. The van der Waals surface area contributed by atoms with Crippen LogP contribution in [-0.4, -0.2) is 60.3 Å². The zero-order valence-corrected chi connectivity index (χ0v) is 13.9. The van der Waals surface area contributed by atoms with E-state index in [1.54, 1.807) is 7.11 Å². The third kappa shape index (κ3) is 3.84. The summed E-state index contributed by atoms with van der Waals surface area (Å²) in [5.41, 5.74) is 0.700. The van der Waals surface area contributed by atoms with E-state index in [0.717, 1.165) is 32.1 Å². The Labute approximate surface area is 137 Å². The van der Waals surface area contributed by atoms with Gasteiger partial charge in [0.25, 0.3) is 0 Å². The van der Waals surface area contributed by atoms with Gasteiger partial charge >= 0.3 is 0 Å². The lowest BCUT2D eigenvalue weighted by atomic mass is 9.90. The first-order chi connectivity index (χ1) is 11.2. The van der Waals surface area contributed by atoms with E-state index in [0.29, 0.717) is 23.9 Å². The van der Waals surface area contributed by atoms with Crippen LogP contribution in [0.15, 0.2) is 18.2 Å². The third-order valence-electron chi connectivity index (χ3n) is 5.32.